The van der Waals surface area contributed by atoms with Gasteiger partial charge in [0.15, 0.2) is 0 Å². The van der Waals surface area contributed by atoms with E-state index < -0.39 is 5.97 Å². The maximum atomic E-state index is 11.1. The zero-order valence-corrected chi connectivity index (χ0v) is 15.4. The van der Waals surface area contributed by atoms with Crippen molar-refractivity contribution in [3.05, 3.63) is 50.8 Å². The first-order valence-corrected chi connectivity index (χ1v) is 9.02. The highest BCUT2D eigenvalue weighted by atomic mass is 35.5. The molecule has 128 valence electrons. The summed E-state index contributed by atoms with van der Waals surface area (Å²) in [6.07, 6.45) is -0.0833. The molecule has 0 atom stereocenters. The van der Waals surface area contributed by atoms with E-state index >= 15 is 0 Å². The first kappa shape index (κ1) is 18.4. The first-order valence-electron chi connectivity index (χ1n) is 7.70. The van der Waals surface area contributed by atoms with Gasteiger partial charge in [0.1, 0.15) is 5.75 Å². The lowest BCUT2D eigenvalue weighted by atomic mass is 10.1. The van der Waals surface area contributed by atoms with Crippen molar-refractivity contribution in [2.75, 3.05) is 0 Å². The molecule has 2 heterocycles. The zero-order chi connectivity index (χ0) is 17.9. The second kappa shape index (κ2) is 7.73. The van der Waals surface area contributed by atoms with Gasteiger partial charge in [-0.2, -0.15) is 11.3 Å². The molecule has 3 rings (SSSR count). The van der Waals surface area contributed by atoms with Crippen molar-refractivity contribution in [1.29, 1.82) is 0 Å². The van der Waals surface area contributed by atoms with Gasteiger partial charge in [-0.1, -0.05) is 25.4 Å². The molecule has 0 fully saturated rings. The number of halogens is 1. The molecule has 24 heavy (non-hydrogen) atoms. The number of benzene rings is 1. The summed E-state index contributed by atoms with van der Waals surface area (Å²) in [4.78, 5) is 11.1. The van der Waals surface area contributed by atoms with Crippen LogP contribution >= 0.6 is 22.9 Å². The van der Waals surface area contributed by atoms with Crippen LogP contribution in [-0.4, -0.2) is 20.7 Å². The normalized spacial score (nSPS) is 10.5. The Morgan fingerprint density at radius 3 is 2.62 bits per heavy atom. The van der Waals surface area contributed by atoms with Gasteiger partial charge in [0.05, 0.1) is 17.0 Å². The van der Waals surface area contributed by atoms with Gasteiger partial charge in [-0.25, -0.2) is 0 Å². The molecule has 0 radical (unpaired) electrons. The first-order chi connectivity index (χ1) is 11.5. The number of aromatic nitrogens is 1. The monoisotopic (exact) mass is 365 g/mol. The fourth-order valence-corrected chi connectivity index (χ4v) is 3.52. The van der Waals surface area contributed by atoms with Gasteiger partial charge in [-0.05, 0) is 47.0 Å². The highest BCUT2D eigenvalue weighted by Crippen LogP contribution is 2.35. The standard InChI is InChI=1S/C16H14ClNO3S.C2H6/c1-9-11(5-16(20)21)12-4-15(19)13(17)6-14(12)18(9)7-10-2-3-22-8-10;1-2/h2-4,6,8,19H,5,7H2,1H3,(H,20,21);1-2H3. The molecular weight excluding hydrogens is 346 g/mol. The van der Waals surface area contributed by atoms with Gasteiger partial charge in [0.2, 0.25) is 0 Å². The molecule has 0 spiro atoms. The summed E-state index contributed by atoms with van der Waals surface area (Å²) in [7, 11) is 0. The van der Waals surface area contributed by atoms with E-state index in [1.54, 1.807) is 23.5 Å². The summed E-state index contributed by atoms with van der Waals surface area (Å²) in [5.74, 6) is -0.930. The molecule has 0 bridgehead atoms. The van der Waals surface area contributed by atoms with Crippen LogP contribution in [0, 0.1) is 6.92 Å². The number of hydrogen-bond donors (Lipinski definition) is 2. The minimum atomic E-state index is -0.896. The molecule has 0 amide bonds. The van der Waals surface area contributed by atoms with E-state index in [0.29, 0.717) is 12.1 Å². The van der Waals surface area contributed by atoms with Crippen LogP contribution in [0.25, 0.3) is 10.9 Å². The zero-order valence-electron chi connectivity index (χ0n) is 13.8. The lowest BCUT2D eigenvalue weighted by molar-refractivity contribution is -0.136. The van der Waals surface area contributed by atoms with E-state index in [9.17, 15) is 9.90 Å². The van der Waals surface area contributed by atoms with Crippen LogP contribution in [0.2, 0.25) is 5.02 Å². The number of carboxylic acids is 1. The summed E-state index contributed by atoms with van der Waals surface area (Å²) in [6.45, 7) is 6.54. The summed E-state index contributed by atoms with van der Waals surface area (Å²) < 4.78 is 2.04. The van der Waals surface area contributed by atoms with E-state index in [1.165, 1.54) is 0 Å². The van der Waals surface area contributed by atoms with Crippen LogP contribution in [0.15, 0.2) is 29.0 Å². The average Bonchev–Trinajstić information content (AvgIpc) is 3.14. The number of thiophene rings is 1. The van der Waals surface area contributed by atoms with Gasteiger partial charge in [0, 0.05) is 17.6 Å². The Labute approximate surface area is 149 Å². The molecule has 1 aromatic carbocycles. The number of rotatable bonds is 4. The Bertz CT molecular complexity index is 853. The Hall–Kier alpha value is -1.98. The van der Waals surface area contributed by atoms with Crippen LogP contribution in [0.1, 0.15) is 30.7 Å². The molecule has 0 unspecified atom stereocenters. The van der Waals surface area contributed by atoms with Gasteiger partial charge in [-0.3, -0.25) is 4.79 Å². The Morgan fingerprint density at radius 1 is 1.33 bits per heavy atom. The molecule has 4 nitrogen and oxygen atoms in total. The van der Waals surface area contributed by atoms with Crippen molar-refractivity contribution in [1.82, 2.24) is 4.57 Å². The van der Waals surface area contributed by atoms with Gasteiger partial charge < -0.3 is 14.8 Å². The number of carboxylic acid groups (broad SMARTS) is 1. The number of hydrogen-bond acceptors (Lipinski definition) is 3. The highest BCUT2D eigenvalue weighted by molar-refractivity contribution is 7.07. The minimum Gasteiger partial charge on any atom is -0.506 e. The number of aromatic hydroxyl groups is 1. The second-order valence-electron chi connectivity index (χ2n) is 5.17. The molecule has 0 aliphatic rings. The molecule has 2 aromatic heterocycles. The largest absolute Gasteiger partial charge is 0.506 e. The smallest absolute Gasteiger partial charge is 0.307 e. The molecule has 0 saturated carbocycles. The quantitative estimate of drug-likeness (QED) is 0.678. The van der Waals surface area contributed by atoms with Crippen LogP contribution in [-0.2, 0) is 17.8 Å². The number of nitrogens with zero attached hydrogens (tertiary/aromatic N) is 1. The minimum absolute atomic E-state index is 0.0338. The molecule has 6 heteroatoms. The third-order valence-corrected chi connectivity index (χ3v) is 4.81. The molecular formula is C18H20ClNO3S. The molecule has 0 saturated heterocycles. The van der Waals surface area contributed by atoms with E-state index in [2.05, 4.69) is 5.38 Å². The highest BCUT2D eigenvalue weighted by Gasteiger charge is 2.18. The van der Waals surface area contributed by atoms with Crippen molar-refractivity contribution in [2.45, 2.75) is 33.7 Å². The third kappa shape index (κ3) is 3.57. The third-order valence-electron chi connectivity index (χ3n) is 3.77. The topological polar surface area (TPSA) is 62.5 Å². The fraction of sp³-hybridized carbons (Fsp3) is 0.278. The number of fused-ring (bicyclic) bond motifs is 1. The summed E-state index contributed by atoms with van der Waals surface area (Å²) >= 11 is 7.65. The van der Waals surface area contributed by atoms with Crippen molar-refractivity contribution in [3.8, 4) is 5.75 Å². The van der Waals surface area contributed by atoms with Crippen LogP contribution in [0.5, 0.6) is 5.75 Å². The SMILES string of the molecule is CC.Cc1c(CC(=O)O)c2cc(O)c(Cl)cc2n1Cc1ccsc1. The van der Waals surface area contributed by atoms with Gasteiger partial charge >= 0.3 is 5.97 Å². The maximum Gasteiger partial charge on any atom is 0.307 e. The average molecular weight is 366 g/mol. The molecule has 3 aromatic rings. The van der Waals surface area contributed by atoms with Crippen molar-refractivity contribution >= 4 is 39.8 Å². The summed E-state index contributed by atoms with van der Waals surface area (Å²) in [5.41, 5.74) is 3.58. The molecule has 0 aliphatic carbocycles. The van der Waals surface area contributed by atoms with Crippen molar-refractivity contribution in [2.24, 2.45) is 0 Å². The number of phenols is 1. The number of aliphatic carboxylic acids is 1. The second-order valence-corrected chi connectivity index (χ2v) is 6.36. The van der Waals surface area contributed by atoms with Crippen molar-refractivity contribution < 1.29 is 15.0 Å². The summed E-state index contributed by atoms with van der Waals surface area (Å²) in [6, 6.07) is 5.28. The van der Waals surface area contributed by atoms with E-state index in [-0.39, 0.29) is 17.2 Å². The van der Waals surface area contributed by atoms with Crippen molar-refractivity contribution in [3.63, 3.8) is 0 Å². The van der Waals surface area contributed by atoms with Crippen LogP contribution < -0.4 is 0 Å². The van der Waals surface area contributed by atoms with Gasteiger partial charge in [-0.15, -0.1) is 0 Å². The number of phenolic OH excluding ortho intramolecular Hbond substituents is 1. The number of carbonyl (C=O) groups is 1. The lowest BCUT2D eigenvalue weighted by Gasteiger charge is -2.08. The van der Waals surface area contributed by atoms with E-state index in [1.807, 2.05) is 36.8 Å². The Balaban J connectivity index is 0.00000100. The molecule has 2 N–H and O–H groups in total. The Kier molecular flexibility index (Phi) is 5.91. The Morgan fingerprint density at radius 2 is 2.04 bits per heavy atom. The molecule has 0 aliphatic heterocycles. The van der Waals surface area contributed by atoms with E-state index in [4.69, 9.17) is 16.7 Å². The van der Waals surface area contributed by atoms with Crippen LogP contribution in [0.4, 0.5) is 0 Å². The predicted octanol–water partition coefficient (Wildman–Crippen LogP) is 5.07. The maximum absolute atomic E-state index is 11.1. The summed E-state index contributed by atoms with van der Waals surface area (Å²) in [5, 5.41) is 24.1. The lowest BCUT2D eigenvalue weighted by Crippen LogP contribution is -2.04. The fourth-order valence-electron chi connectivity index (χ4n) is 2.70. The van der Waals surface area contributed by atoms with Crippen LogP contribution in [0.3, 0.4) is 0 Å². The van der Waals surface area contributed by atoms with Gasteiger partial charge in [0.25, 0.3) is 0 Å². The van der Waals surface area contributed by atoms with E-state index in [0.717, 1.165) is 22.2 Å². The predicted molar refractivity (Wildman–Crippen MR) is 99.5 cm³/mol.